The third kappa shape index (κ3) is 7.17. The second-order valence-electron chi connectivity index (χ2n) is 11.8. The number of amides is 4. The lowest BCUT2D eigenvalue weighted by molar-refractivity contribution is -0.136. The largest absolute Gasteiger partial charge is 0.436 e. The van der Waals surface area contributed by atoms with Crippen LogP contribution < -0.4 is 10.6 Å². The van der Waals surface area contributed by atoms with Crippen LogP contribution in [0.25, 0.3) is 22.8 Å². The van der Waals surface area contributed by atoms with Gasteiger partial charge in [-0.3, -0.25) is 19.2 Å². The summed E-state index contributed by atoms with van der Waals surface area (Å²) in [6, 6.07) is 23.6. The number of carbonyl (C=O) groups is 4. The monoisotopic (exact) mass is 619 g/mol. The number of nitrogens with one attached hydrogen (secondary N) is 2. The maximum absolute atomic E-state index is 13.1. The first-order chi connectivity index (χ1) is 22.3. The van der Waals surface area contributed by atoms with E-state index in [2.05, 4.69) is 15.6 Å². The van der Waals surface area contributed by atoms with Gasteiger partial charge in [0.1, 0.15) is 6.04 Å². The maximum Gasteiger partial charge on any atom is 0.247 e. The quantitative estimate of drug-likeness (QED) is 0.254. The predicted molar refractivity (Wildman–Crippen MR) is 175 cm³/mol. The molecule has 2 aliphatic heterocycles. The minimum atomic E-state index is -0.491. The predicted octanol–water partition coefficient (Wildman–Crippen LogP) is 5.52. The smallest absolute Gasteiger partial charge is 0.247 e. The Morgan fingerprint density at radius 3 is 2.17 bits per heavy atom. The molecule has 3 aromatic carbocycles. The van der Waals surface area contributed by atoms with Crippen LogP contribution in [0.2, 0.25) is 0 Å². The van der Waals surface area contributed by atoms with Crippen molar-refractivity contribution in [3.63, 3.8) is 0 Å². The molecule has 2 N–H and O–H groups in total. The van der Waals surface area contributed by atoms with Gasteiger partial charge in [-0.25, -0.2) is 4.98 Å². The average Bonchev–Trinajstić information content (AvgIpc) is 3.84. The third-order valence-electron chi connectivity index (χ3n) is 8.63. The third-order valence-corrected chi connectivity index (χ3v) is 8.63. The molecule has 0 radical (unpaired) electrons. The Morgan fingerprint density at radius 2 is 1.46 bits per heavy atom. The number of nitrogens with zero attached hydrogens (tertiary/aromatic N) is 3. The van der Waals surface area contributed by atoms with Crippen LogP contribution in [0.1, 0.15) is 44.6 Å². The fourth-order valence-corrected chi connectivity index (χ4v) is 6.28. The molecule has 2 aliphatic rings. The number of hydrogen-bond donors (Lipinski definition) is 2. The van der Waals surface area contributed by atoms with E-state index in [0.717, 1.165) is 36.0 Å². The van der Waals surface area contributed by atoms with Crippen LogP contribution in [0.15, 0.2) is 89.5 Å². The first-order valence-electron chi connectivity index (χ1n) is 15.7. The molecule has 6 rings (SSSR count). The summed E-state index contributed by atoms with van der Waals surface area (Å²) in [6.45, 7) is 2.83. The molecule has 2 atom stereocenters. The van der Waals surface area contributed by atoms with Crippen molar-refractivity contribution in [3.8, 4) is 22.8 Å². The van der Waals surface area contributed by atoms with Crippen molar-refractivity contribution in [1.29, 1.82) is 0 Å². The molecule has 0 spiro atoms. The molecule has 2 fully saturated rings. The summed E-state index contributed by atoms with van der Waals surface area (Å²) in [7, 11) is 0. The highest BCUT2D eigenvalue weighted by Crippen LogP contribution is 2.29. The van der Waals surface area contributed by atoms with Crippen molar-refractivity contribution in [1.82, 2.24) is 14.8 Å². The van der Waals surface area contributed by atoms with E-state index in [1.807, 2.05) is 66.7 Å². The molecule has 2 saturated heterocycles. The van der Waals surface area contributed by atoms with E-state index in [1.165, 1.54) is 0 Å². The highest BCUT2D eigenvalue weighted by Gasteiger charge is 2.34. The second-order valence-corrected chi connectivity index (χ2v) is 11.8. The first kappa shape index (κ1) is 30.8. The number of benzene rings is 3. The van der Waals surface area contributed by atoms with Gasteiger partial charge in [0.25, 0.3) is 0 Å². The molecule has 4 aromatic rings. The van der Waals surface area contributed by atoms with Crippen LogP contribution in [0.3, 0.4) is 0 Å². The Bertz CT molecular complexity index is 1700. The van der Waals surface area contributed by atoms with Crippen molar-refractivity contribution in [2.45, 2.75) is 57.5 Å². The summed E-state index contributed by atoms with van der Waals surface area (Å²) in [5, 5.41) is 5.88. The number of rotatable bonds is 9. The second kappa shape index (κ2) is 13.8. The Labute approximate surface area is 267 Å². The van der Waals surface area contributed by atoms with E-state index in [4.69, 9.17) is 4.42 Å². The molecule has 0 saturated carbocycles. The average molecular weight is 620 g/mol. The highest BCUT2D eigenvalue weighted by molar-refractivity contribution is 5.98. The topological polar surface area (TPSA) is 125 Å². The van der Waals surface area contributed by atoms with Crippen molar-refractivity contribution in [2.75, 3.05) is 23.7 Å². The van der Waals surface area contributed by atoms with Gasteiger partial charge in [0.05, 0.1) is 12.6 Å². The molecule has 3 heterocycles. The van der Waals surface area contributed by atoms with Gasteiger partial charge >= 0.3 is 0 Å². The van der Waals surface area contributed by atoms with E-state index >= 15 is 0 Å². The molecule has 0 aliphatic carbocycles. The van der Waals surface area contributed by atoms with Crippen LogP contribution in [-0.4, -0.2) is 63.6 Å². The van der Waals surface area contributed by atoms with E-state index < -0.39 is 6.04 Å². The first-order valence-corrected chi connectivity index (χ1v) is 15.7. The molecule has 1 aromatic heterocycles. The van der Waals surface area contributed by atoms with Crippen LogP contribution >= 0.6 is 0 Å². The standard InChI is InChI=1S/C36H37N5O5/c1-24(42)40-19-5-9-30(40)22-33(43)38-28-15-11-26(12-16-28)32-23-37-36(46-32)27-13-17-29(18-14-27)39-35(45)31-10-6-20-41(31)34(44)21-25-7-3-2-4-8-25/h2-4,7-8,11-18,23,30-31H,5-6,9-10,19-22H2,1H3,(H,38,43)(H,39,45)/t30-,31-/m0/s1. The van der Waals surface area contributed by atoms with E-state index in [-0.39, 0.29) is 42.5 Å². The zero-order valence-corrected chi connectivity index (χ0v) is 25.8. The number of likely N-dealkylation sites (tertiary alicyclic amines) is 2. The minimum Gasteiger partial charge on any atom is -0.436 e. The SMILES string of the molecule is CC(=O)N1CCC[C@H]1CC(=O)Nc1ccc(-c2cnc(-c3ccc(NC(=O)[C@@H]4CCCN4C(=O)Cc4ccccc4)cc3)o2)cc1. The molecule has 0 unspecified atom stereocenters. The van der Waals surface area contributed by atoms with Crippen molar-refractivity contribution < 1.29 is 23.6 Å². The van der Waals surface area contributed by atoms with E-state index in [9.17, 15) is 19.2 Å². The number of anilines is 2. The van der Waals surface area contributed by atoms with Crippen molar-refractivity contribution in [3.05, 3.63) is 90.6 Å². The maximum atomic E-state index is 13.1. The summed E-state index contributed by atoms with van der Waals surface area (Å²) in [5.41, 5.74) is 3.79. The highest BCUT2D eigenvalue weighted by atomic mass is 16.4. The zero-order valence-electron chi connectivity index (χ0n) is 25.8. The summed E-state index contributed by atoms with van der Waals surface area (Å²) >= 11 is 0. The van der Waals surface area contributed by atoms with Gasteiger partial charge in [0, 0.05) is 55.0 Å². The van der Waals surface area contributed by atoms with Crippen LogP contribution in [0.5, 0.6) is 0 Å². The Balaban J connectivity index is 1.02. The number of carbonyl (C=O) groups excluding carboxylic acids is 4. The van der Waals surface area contributed by atoms with Crippen molar-refractivity contribution in [2.24, 2.45) is 0 Å². The van der Waals surface area contributed by atoms with Crippen LogP contribution in [0, 0.1) is 0 Å². The molecular weight excluding hydrogens is 582 g/mol. The van der Waals surface area contributed by atoms with Gasteiger partial charge in [-0.05, 0) is 79.8 Å². The lowest BCUT2D eigenvalue weighted by Crippen LogP contribution is -2.43. The summed E-state index contributed by atoms with van der Waals surface area (Å²) in [4.78, 5) is 58.3. The van der Waals surface area contributed by atoms with Gasteiger partial charge in [-0.1, -0.05) is 30.3 Å². The van der Waals surface area contributed by atoms with Gasteiger partial charge in [0.2, 0.25) is 29.5 Å². The molecule has 236 valence electrons. The molecule has 10 heteroatoms. The van der Waals surface area contributed by atoms with Gasteiger partial charge < -0.3 is 24.9 Å². The molecular formula is C36H37N5O5. The molecule has 0 bridgehead atoms. The molecule has 10 nitrogen and oxygen atoms in total. The van der Waals surface area contributed by atoms with E-state index in [1.54, 1.807) is 35.1 Å². The Hall–Kier alpha value is -5.25. The minimum absolute atomic E-state index is 0.00799. The Kier molecular flexibility index (Phi) is 9.23. The lowest BCUT2D eigenvalue weighted by atomic mass is 10.1. The van der Waals surface area contributed by atoms with Crippen LogP contribution in [-0.2, 0) is 25.6 Å². The molecule has 4 amide bonds. The fraction of sp³-hybridized carbons (Fsp3) is 0.306. The van der Waals surface area contributed by atoms with Gasteiger partial charge in [-0.2, -0.15) is 0 Å². The van der Waals surface area contributed by atoms with Crippen LogP contribution in [0.4, 0.5) is 11.4 Å². The number of aromatic nitrogens is 1. The molecule has 46 heavy (non-hydrogen) atoms. The Morgan fingerprint density at radius 1 is 0.804 bits per heavy atom. The zero-order chi connectivity index (χ0) is 32.0. The number of hydrogen-bond acceptors (Lipinski definition) is 6. The van der Waals surface area contributed by atoms with Crippen molar-refractivity contribution >= 4 is 35.0 Å². The normalized spacial score (nSPS) is 17.6. The van der Waals surface area contributed by atoms with Gasteiger partial charge in [0.15, 0.2) is 5.76 Å². The fourth-order valence-electron chi connectivity index (χ4n) is 6.28. The lowest BCUT2D eigenvalue weighted by Gasteiger charge is -2.24. The van der Waals surface area contributed by atoms with E-state index in [0.29, 0.717) is 42.5 Å². The summed E-state index contributed by atoms with van der Waals surface area (Å²) in [5.74, 6) is 0.666. The number of oxazole rings is 1. The summed E-state index contributed by atoms with van der Waals surface area (Å²) in [6.07, 6.45) is 5.40. The van der Waals surface area contributed by atoms with Gasteiger partial charge in [-0.15, -0.1) is 0 Å². The summed E-state index contributed by atoms with van der Waals surface area (Å²) < 4.78 is 6.02.